The monoisotopic (exact) mass is 569 g/mol. The van der Waals surface area contributed by atoms with Crippen LogP contribution >= 0.6 is 0 Å². The van der Waals surface area contributed by atoms with Crippen molar-refractivity contribution in [3.63, 3.8) is 0 Å². The van der Waals surface area contributed by atoms with Crippen molar-refractivity contribution in [2.75, 3.05) is 5.75 Å². The lowest BCUT2D eigenvalue weighted by Gasteiger charge is -2.23. The molecule has 0 spiro atoms. The summed E-state index contributed by atoms with van der Waals surface area (Å²) in [7, 11) is -4.02. The Morgan fingerprint density at radius 3 is 2.12 bits per heavy atom. The number of aromatic nitrogens is 1. The Morgan fingerprint density at radius 2 is 1.55 bits per heavy atom. The molecular formula is C31H30F3NO4S. The number of fused-ring (bicyclic) bond motifs is 1. The highest BCUT2D eigenvalue weighted by atomic mass is 32.2. The molecule has 0 aliphatic heterocycles. The first-order valence-electron chi connectivity index (χ1n) is 12.8. The molecule has 0 amide bonds. The van der Waals surface area contributed by atoms with E-state index in [4.69, 9.17) is 5.11 Å². The lowest BCUT2D eigenvalue weighted by atomic mass is 9.82. The molecule has 0 saturated heterocycles. The summed E-state index contributed by atoms with van der Waals surface area (Å²) in [4.78, 5) is 11.2. The molecular weight excluding hydrogens is 539 g/mol. The maximum atomic E-state index is 13.6. The van der Waals surface area contributed by atoms with E-state index in [0.29, 0.717) is 5.56 Å². The number of rotatable bonds is 9. The Hall–Kier alpha value is -3.85. The van der Waals surface area contributed by atoms with Crippen molar-refractivity contribution in [1.29, 1.82) is 0 Å². The number of alkyl halides is 3. The smallest absolute Gasteiger partial charge is 0.416 e. The van der Waals surface area contributed by atoms with Crippen LogP contribution in [0.3, 0.4) is 0 Å². The van der Waals surface area contributed by atoms with Crippen molar-refractivity contribution in [2.24, 2.45) is 0 Å². The minimum Gasteiger partial charge on any atom is -0.478 e. The normalized spacial score (nSPS) is 12.8. The summed E-state index contributed by atoms with van der Waals surface area (Å²) in [6.45, 7) is 6.43. The molecule has 1 heterocycles. The summed E-state index contributed by atoms with van der Waals surface area (Å²) in [5.41, 5.74) is 2.27. The Kier molecular flexibility index (Phi) is 7.99. The molecule has 3 aromatic carbocycles. The molecule has 0 fully saturated rings. The fourth-order valence-corrected chi connectivity index (χ4v) is 5.91. The number of carboxylic acids is 1. The van der Waals surface area contributed by atoms with E-state index in [2.05, 4.69) is 20.8 Å². The van der Waals surface area contributed by atoms with Crippen molar-refractivity contribution in [3.05, 3.63) is 112 Å². The number of hydrogen-bond donors (Lipinski definition) is 1. The number of benzene rings is 3. The standard InChI is InChI=1S/C31H30F3NO4S/c1-4-30(2,3)25-13-9-21(10-14-25)6-5-17-40(38,39)35-27(18-22-7-11-23(12-8-22)29(36)37)20-24-19-26(31(32,33)34)15-16-28(24)35/h5-16,19-20H,4,17-18H2,1-3H3,(H,36,37). The van der Waals surface area contributed by atoms with Gasteiger partial charge in [-0.05, 0) is 64.9 Å². The Morgan fingerprint density at radius 1 is 0.925 bits per heavy atom. The average molecular weight is 570 g/mol. The second-order valence-corrected chi connectivity index (χ2v) is 12.3. The lowest BCUT2D eigenvalue weighted by Crippen LogP contribution is -2.18. The van der Waals surface area contributed by atoms with Crippen LogP contribution < -0.4 is 0 Å². The zero-order chi connectivity index (χ0) is 29.3. The van der Waals surface area contributed by atoms with Crippen molar-refractivity contribution in [1.82, 2.24) is 3.97 Å². The summed E-state index contributed by atoms with van der Waals surface area (Å²) in [5, 5.41) is 9.29. The van der Waals surface area contributed by atoms with Gasteiger partial charge in [0.05, 0.1) is 22.4 Å². The molecule has 9 heteroatoms. The number of carbonyl (C=O) groups is 1. The third kappa shape index (κ3) is 6.31. The van der Waals surface area contributed by atoms with Gasteiger partial charge in [-0.3, -0.25) is 0 Å². The van der Waals surface area contributed by atoms with Crippen LogP contribution in [-0.2, 0) is 28.0 Å². The van der Waals surface area contributed by atoms with Crippen LogP contribution in [0.5, 0.6) is 0 Å². The van der Waals surface area contributed by atoms with E-state index >= 15 is 0 Å². The second kappa shape index (κ2) is 11.0. The van der Waals surface area contributed by atoms with Gasteiger partial charge in [-0.2, -0.15) is 13.2 Å². The third-order valence-corrected chi connectivity index (χ3v) is 8.82. The minimum absolute atomic E-state index is 0.0252. The zero-order valence-corrected chi connectivity index (χ0v) is 23.2. The molecule has 0 radical (unpaired) electrons. The maximum absolute atomic E-state index is 13.6. The van der Waals surface area contributed by atoms with Crippen LogP contribution in [0.15, 0.2) is 78.9 Å². The number of halogens is 3. The maximum Gasteiger partial charge on any atom is 0.416 e. The summed E-state index contributed by atoms with van der Waals surface area (Å²) in [5.74, 6) is -1.47. The van der Waals surface area contributed by atoms with Crippen molar-refractivity contribution < 1.29 is 31.5 Å². The van der Waals surface area contributed by atoms with Crippen LogP contribution in [0.2, 0.25) is 0 Å². The molecule has 0 unspecified atom stereocenters. The van der Waals surface area contributed by atoms with E-state index in [1.165, 1.54) is 35.9 Å². The Labute approximate surface area is 231 Å². The largest absolute Gasteiger partial charge is 0.478 e. The van der Waals surface area contributed by atoms with Crippen LogP contribution in [0.1, 0.15) is 65.5 Å². The molecule has 5 nitrogen and oxygen atoms in total. The van der Waals surface area contributed by atoms with Gasteiger partial charge < -0.3 is 5.11 Å². The van der Waals surface area contributed by atoms with Gasteiger partial charge in [-0.25, -0.2) is 17.2 Å². The highest BCUT2D eigenvalue weighted by molar-refractivity contribution is 7.90. The molecule has 1 N–H and O–H groups in total. The fourth-order valence-electron chi connectivity index (χ4n) is 4.48. The topological polar surface area (TPSA) is 76.4 Å². The van der Waals surface area contributed by atoms with E-state index in [1.807, 2.05) is 24.3 Å². The highest BCUT2D eigenvalue weighted by Crippen LogP contribution is 2.34. The number of nitrogens with zero attached hydrogens (tertiary/aromatic N) is 1. The van der Waals surface area contributed by atoms with E-state index in [0.717, 1.165) is 28.1 Å². The summed E-state index contributed by atoms with van der Waals surface area (Å²) in [6.07, 6.45) is -0.295. The summed E-state index contributed by atoms with van der Waals surface area (Å²) in [6, 6.07) is 18.2. The van der Waals surface area contributed by atoms with Gasteiger partial charge in [-0.15, -0.1) is 0 Å². The number of hydrogen-bond acceptors (Lipinski definition) is 3. The highest BCUT2D eigenvalue weighted by Gasteiger charge is 2.31. The van der Waals surface area contributed by atoms with Crippen LogP contribution in [-0.4, -0.2) is 29.2 Å². The first kappa shape index (κ1) is 29.1. The van der Waals surface area contributed by atoms with Crippen LogP contribution in [0.4, 0.5) is 13.2 Å². The predicted octanol–water partition coefficient (Wildman–Crippen LogP) is 7.53. The van der Waals surface area contributed by atoms with E-state index in [9.17, 15) is 26.4 Å². The van der Waals surface area contributed by atoms with Gasteiger partial charge in [0.2, 0.25) is 10.0 Å². The van der Waals surface area contributed by atoms with Crippen molar-refractivity contribution in [2.45, 2.75) is 45.2 Å². The van der Waals surface area contributed by atoms with Gasteiger partial charge in [0.25, 0.3) is 0 Å². The summed E-state index contributed by atoms with van der Waals surface area (Å²) >= 11 is 0. The average Bonchev–Trinajstić information content (AvgIpc) is 3.26. The van der Waals surface area contributed by atoms with E-state index in [1.54, 1.807) is 18.2 Å². The molecule has 0 bridgehead atoms. The third-order valence-electron chi connectivity index (χ3n) is 7.21. The molecule has 0 atom stereocenters. The van der Waals surface area contributed by atoms with Crippen molar-refractivity contribution >= 4 is 33.0 Å². The SMILES string of the molecule is CCC(C)(C)c1ccc(C=CCS(=O)(=O)n2c(Cc3ccc(C(=O)O)cc3)cc3cc(C(F)(F)F)ccc32)cc1. The molecule has 4 aromatic rings. The lowest BCUT2D eigenvalue weighted by molar-refractivity contribution is -0.137. The first-order chi connectivity index (χ1) is 18.7. The Bertz CT molecular complexity index is 1660. The van der Waals surface area contributed by atoms with Gasteiger partial charge in [0.15, 0.2) is 0 Å². The quantitative estimate of drug-likeness (QED) is 0.226. The van der Waals surface area contributed by atoms with Gasteiger partial charge >= 0.3 is 12.1 Å². The number of carboxylic acid groups (broad SMARTS) is 1. The predicted molar refractivity (Wildman–Crippen MR) is 151 cm³/mol. The molecule has 4 rings (SSSR count). The fraction of sp³-hybridized carbons (Fsp3) is 0.258. The first-order valence-corrected chi connectivity index (χ1v) is 14.4. The summed E-state index contributed by atoms with van der Waals surface area (Å²) < 4.78 is 68.3. The van der Waals surface area contributed by atoms with E-state index < -0.39 is 27.7 Å². The Balaban J connectivity index is 1.69. The second-order valence-electron chi connectivity index (χ2n) is 10.4. The van der Waals surface area contributed by atoms with Gasteiger partial charge in [0, 0.05) is 17.5 Å². The van der Waals surface area contributed by atoms with Gasteiger partial charge in [-0.1, -0.05) is 69.3 Å². The van der Waals surface area contributed by atoms with Crippen molar-refractivity contribution in [3.8, 4) is 0 Å². The molecule has 0 saturated carbocycles. The molecule has 40 heavy (non-hydrogen) atoms. The molecule has 1 aromatic heterocycles. The van der Waals surface area contributed by atoms with Crippen LogP contribution in [0, 0.1) is 0 Å². The number of aromatic carboxylic acids is 1. The minimum atomic E-state index is -4.58. The van der Waals surface area contributed by atoms with E-state index in [-0.39, 0.29) is 39.7 Å². The molecule has 0 aliphatic carbocycles. The van der Waals surface area contributed by atoms with Crippen LogP contribution in [0.25, 0.3) is 17.0 Å². The molecule has 210 valence electrons. The molecule has 0 aliphatic rings. The zero-order valence-electron chi connectivity index (χ0n) is 22.4. The van der Waals surface area contributed by atoms with Gasteiger partial charge in [0.1, 0.15) is 0 Å².